The van der Waals surface area contributed by atoms with Crippen LogP contribution < -0.4 is 10.6 Å². The molecule has 3 N–H and O–H groups in total. The van der Waals surface area contributed by atoms with Gasteiger partial charge in [-0.2, -0.15) is 0 Å². The van der Waals surface area contributed by atoms with Crippen molar-refractivity contribution in [2.24, 2.45) is 0 Å². The van der Waals surface area contributed by atoms with Crippen LogP contribution in [0.15, 0.2) is 60.8 Å². The highest BCUT2D eigenvalue weighted by Crippen LogP contribution is 2.21. The molecule has 0 saturated heterocycles. The molecule has 0 aliphatic carbocycles. The van der Waals surface area contributed by atoms with Crippen molar-refractivity contribution in [3.05, 3.63) is 66.4 Å². The number of rotatable bonds is 5. The molecule has 0 bridgehead atoms. The Hall–Kier alpha value is -3.08. The molecule has 128 valence electrons. The topological polar surface area (TPSA) is 74.0 Å². The SMILES string of the molecule is C[C@H](CCc1ccccc1)NC(=O)C(=O)Nc1cccc2[nH]ccc12. The molecule has 0 saturated carbocycles. The van der Waals surface area contributed by atoms with E-state index in [1.165, 1.54) is 5.56 Å². The van der Waals surface area contributed by atoms with Crippen LogP contribution in [-0.2, 0) is 16.0 Å². The first-order valence-electron chi connectivity index (χ1n) is 8.35. The molecule has 0 fully saturated rings. The number of nitrogens with one attached hydrogen (secondary N) is 3. The van der Waals surface area contributed by atoms with Crippen molar-refractivity contribution in [2.75, 3.05) is 5.32 Å². The van der Waals surface area contributed by atoms with Gasteiger partial charge in [-0.3, -0.25) is 9.59 Å². The van der Waals surface area contributed by atoms with Gasteiger partial charge in [0, 0.05) is 23.1 Å². The lowest BCUT2D eigenvalue weighted by Crippen LogP contribution is -2.40. The third-order valence-corrected chi connectivity index (χ3v) is 4.14. The number of hydrogen-bond donors (Lipinski definition) is 3. The van der Waals surface area contributed by atoms with Crippen LogP contribution in [0.4, 0.5) is 5.69 Å². The van der Waals surface area contributed by atoms with E-state index in [4.69, 9.17) is 0 Å². The number of aromatic nitrogens is 1. The van der Waals surface area contributed by atoms with Crippen LogP contribution in [-0.4, -0.2) is 22.8 Å². The zero-order valence-electron chi connectivity index (χ0n) is 14.1. The maximum atomic E-state index is 12.2. The summed E-state index contributed by atoms with van der Waals surface area (Å²) in [4.78, 5) is 27.3. The molecule has 1 aromatic heterocycles. The van der Waals surface area contributed by atoms with E-state index < -0.39 is 11.8 Å². The summed E-state index contributed by atoms with van der Waals surface area (Å²) in [5.74, 6) is -1.27. The van der Waals surface area contributed by atoms with Crippen LogP contribution in [0, 0.1) is 0 Å². The minimum absolute atomic E-state index is 0.0819. The standard InChI is InChI=1S/C20H21N3O2/c1-14(10-11-15-6-3-2-4-7-15)22-19(24)20(25)23-18-9-5-8-17-16(18)12-13-21-17/h2-9,12-14,21H,10-11H2,1H3,(H,22,24)(H,23,25)/t14-/m1/s1. The number of H-pyrrole nitrogens is 1. The summed E-state index contributed by atoms with van der Waals surface area (Å²) >= 11 is 0. The molecule has 3 rings (SSSR count). The number of aromatic amines is 1. The first kappa shape index (κ1) is 16.8. The molecular formula is C20H21N3O2. The predicted molar refractivity (Wildman–Crippen MR) is 99.3 cm³/mol. The van der Waals surface area contributed by atoms with Gasteiger partial charge in [-0.1, -0.05) is 36.4 Å². The van der Waals surface area contributed by atoms with Crippen LogP contribution in [0.1, 0.15) is 18.9 Å². The Bertz CT molecular complexity index is 871. The molecule has 1 atom stereocenters. The second kappa shape index (κ2) is 7.66. The molecule has 5 heteroatoms. The Morgan fingerprint density at radius 1 is 1.00 bits per heavy atom. The first-order valence-corrected chi connectivity index (χ1v) is 8.35. The molecule has 2 aromatic carbocycles. The average Bonchev–Trinajstić information content (AvgIpc) is 3.10. The third-order valence-electron chi connectivity index (χ3n) is 4.14. The number of hydrogen-bond acceptors (Lipinski definition) is 2. The maximum absolute atomic E-state index is 12.2. The Kier molecular flexibility index (Phi) is 5.14. The number of amides is 2. The van der Waals surface area contributed by atoms with Crippen molar-refractivity contribution >= 4 is 28.4 Å². The van der Waals surface area contributed by atoms with E-state index >= 15 is 0 Å². The second-order valence-electron chi connectivity index (χ2n) is 6.10. The van der Waals surface area contributed by atoms with Crippen molar-refractivity contribution in [1.82, 2.24) is 10.3 Å². The maximum Gasteiger partial charge on any atom is 0.313 e. The van der Waals surface area contributed by atoms with Crippen molar-refractivity contribution in [3.8, 4) is 0 Å². The summed E-state index contributed by atoms with van der Waals surface area (Å²) < 4.78 is 0. The molecule has 0 aliphatic rings. The van der Waals surface area contributed by atoms with Gasteiger partial charge < -0.3 is 15.6 Å². The summed E-state index contributed by atoms with van der Waals surface area (Å²) in [5.41, 5.74) is 2.75. The first-order chi connectivity index (χ1) is 12.1. The molecule has 25 heavy (non-hydrogen) atoms. The molecule has 2 amide bonds. The monoisotopic (exact) mass is 335 g/mol. The van der Waals surface area contributed by atoms with E-state index in [1.807, 2.05) is 43.3 Å². The lowest BCUT2D eigenvalue weighted by atomic mass is 10.1. The van der Waals surface area contributed by atoms with Gasteiger partial charge in [-0.15, -0.1) is 0 Å². The van der Waals surface area contributed by atoms with Crippen molar-refractivity contribution in [2.45, 2.75) is 25.8 Å². The minimum Gasteiger partial charge on any atom is -0.361 e. The van der Waals surface area contributed by atoms with Gasteiger partial charge in [0.2, 0.25) is 0 Å². The van der Waals surface area contributed by atoms with E-state index in [0.29, 0.717) is 5.69 Å². The minimum atomic E-state index is -0.653. The van der Waals surface area contributed by atoms with Gasteiger partial charge in [0.1, 0.15) is 0 Å². The predicted octanol–water partition coefficient (Wildman–Crippen LogP) is 3.24. The number of carbonyl (C=O) groups excluding carboxylic acids is 2. The zero-order chi connectivity index (χ0) is 17.6. The van der Waals surface area contributed by atoms with Crippen LogP contribution in [0.25, 0.3) is 10.9 Å². The van der Waals surface area contributed by atoms with Crippen LogP contribution in [0.2, 0.25) is 0 Å². The van der Waals surface area contributed by atoms with Gasteiger partial charge in [0.15, 0.2) is 0 Å². The third kappa shape index (κ3) is 4.26. The highest BCUT2D eigenvalue weighted by atomic mass is 16.2. The zero-order valence-corrected chi connectivity index (χ0v) is 14.1. The Morgan fingerprint density at radius 3 is 2.60 bits per heavy atom. The number of benzene rings is 2. The largest absolute Gasteiger partial charge is 0.361 e. The summed E-state index contributed by atoms with van der Waals surface area (Å²) in [5, 5.41) is 6.31. The van der Waals surface area contributed by atoms with Crippen molar-refractivity contribution in [1.29, 1.82) is 0 Å². The molecule has 3 aromatic rings. The molecule has 0 radical (unpaired) electrons. The Balaban J connectivity index is 1.53. The van der Waals surface area contributed by atoms with Gasteiger partial charge in [0.05, 0.1) is 5.69 Å². The highest BCUT2D eigenvalue weighted by Gasteiger charge is 2.17. The molecule has 0 aliphatic heterocycles. The van der Waals surface area contributed by atoms with Crippen LogP contribution in [0.5, 0.6) is 0 Å². The fourth-order valence-electron chi connectivity index (χ4n) is 2.76. The van der Waals surface area contributed by atoms with E-state index in [9.17, 15) is 9.59 Å². The summed E-state index contributed by atoms with van der Waals surface area (Å²) in [6.45, 7) is 1.90. The Morgan fingerprint density at radius 2 is 1.80 bits per heavy atom. The molecule has 0 spiro atoms. The van der Waals surface area contributed by atoms with Crippen molar-refractivity contribution < 1.29 is 9.59 Å². The van der Waals surface area contributed by atoms with Gasteiger partial charge in [0.25, 0.3) is 0 Å². The van der Waals surface area contributed by atoms with E-state index in [2.05, 4.69) is 27.8 Å². The summed E-state index contributed by atoms with van der Waals surface area (Å²) in [7, 11) is 0. The quantitative estimate of drug-likeness (QED) is 0.626. The fourth-order valence-corrected chi connectivity index (χ4v) is 2.76. The molecule has 0 unspecified atom stereocenters. The van der Waals surface area contributed by atoms with E-state index in [0.717, 1.165) is 23.7 Å². The Labute approximate surface area is 146 Å². The molecular weight excluding hydrogens is 314 g/mol. The van der Waals surface area contributed by atoms with Crippen LogP contribution >= 0.6 is 0 Å². The number of fused-ring (bicyclic) bond motifs is 1. The summed E-state index contributed by atoms with van der Waals surface area (Å²) in [6.07, 6.45) is 3.43. The van der Waals surface area contributed by atoms with Gasteiger partial charge in [-0.05, 0) is 43.5 Å². The van der Waals surface area contributed by atoms with E-state index in [1.54, 1.807) is 12.3 Å². The highest BCUT2D eigenvalue weighted by molar-refractivity contribution is 6.40. The lowest BCUT2D eigenvalue weighted by Gasteiger charge is -2.14. The number of carbonyl (C=O) groups is 2. The average molecular weight is 335 g/mol. The second-order valence-corrected chi connectivity index (χ2v) is 6.10. The number of aryl methyl sites for hydroxylation is 1. The number of anilines is 1. The normalized spacial score (nSPS) is 11.9. The van der Waals surface area contributed by atoms with Gasteiger partial charge in [-0.25, -0.2) is 0 Å². The molecule has 1 heterocycles. The summed E-state index contributed by atoms with van der Waals surface area (Å²) in [6, 6.07) is 17.4. The lowest BCUT2D eigenvalue weighted by molar-refractivity contribution is -0.136. The fraction of sp³-hybridized carbons (Fsp3) is 0.200. The van der Waals surface area contributed by atoms with E-state index in [-0.39, 0.29) is 6.04 Å². The van der Waals surface area contributed by atoms with Crippen molar-refractivity contribution in [3.63, 3.8) is 0 Å². The van der Waals surface area contributed by atoms with Gasteiger partial charge >= 0.3 is 11.8 Å². The smallest absolute Gasteiger partial charge is 0.313 e. The van der Waals surface area contributed by atoms with Crippen LogP contribution in [0.3, 0.4) is 0 Å². The molecule has 5 nitrogen and oxygen atoms in total.